The molecule has 0 spiro atoms. The van der Waals surface area contributed by atoms with Crippen LogP contribution in [0, 0.1) is 13.8 Å². The Morgan fingerprint density at radius 1 is 0.821 bits per heavy atom. The van der Waals surface area contributed by atoms with Crippen molar-refractivity contribution >= 4 is 5.57 Å². The molecule has 0 aromatic heterocycles. The highest BCUT2D eigenvalue weighted by Crippen LogP contribution is 2.44. The first kappa shape index (κ1) is 18.7. The molecule has 1 aliphatic carbocycles. The van der Waals surface area contributed by atoms with Crippen molar-refractivity contribution in [2.45, 2.75) is 51.9 Å². The van der Waals surface area contributed by atoms with Crippen molar-refractivity contribution in [2.75, 3.05) is 0 Å². The molecule has 0 bridgehead atoms. The first-order chi connectivity index (χ1) is 13.6. The zero-order valence-corrected chi connectivity index (χ0v) is 17.3. The predicted molar refractivity (Wildman–Crippen MR) is 121 cm³/mol. The minimum atomic E-state index is 0.472. The van der Waals surface area contributed by atoms with Gasteiger partial charge in [-0.3, -0.25) is 0 Å². The summed E-state index contributed by atoms with van der Waals surface area (Å²) in [5.41, 5.74) is 9.97. The van der Waals surface area contributed by atoms with Gasteiger partial charge in [-0.1, -0.05) is 91.4 Å². The second kappa shape index (κ2) is 8.19. The monoisotopic (exact) mass is 366 g/mol. The van der Waals surface area contributed by atoms with Crippen LogP contribution in [0.3, 0.4) is 0 Å². The number of rotatable bonds is 4. The van der Waals surface area contributed by atoms with Crippen molar-refractivity contribution in [1.29, 1.82) is 0 Å². The van der Waals surface area contributed by atoms with Crippen LogP contribution in [0.15, 0.2) is 78.9 Å². The molecule has 0 radical (unpaired) electrons. The summed E-state index contributed by atoms with van der Waals surface area (Å²) in [5, 5.41) is 0. The van der Waals surface area contributed by atoms with Crippen LogP contribution in [0.4, 0.5) is 0 Å². The Balaban J connectivity index is 1.73. The van der Waals surface area contributed by atoms with Crippen molar-refractivity contribution in [3.63, 3.8) is 0 Å². The van der Waals surface area contributed by atoms with E-state index in [0.717, 1.165) is 12.8 Å². The molecule has 28 heavy (non-hydrogen) atoms. The lowest BCUT2D eigenvalue weighted by Crippen LogP contribution is -2.13. The first-order valence-corrected chi connectivity index (χ1v) is 10.6. The summed E-state index contributed by atoms with van der Waals surface area (Å²) in [6.45, 7) is 6.64. The maximum absolute atomic E-state index is 2.53. The van der Waals surface area contributed by atoms with Crippen molar-refractivity contribution in [3.05, 3.63) is 112 Å². The quantitative estimate of drug-likeness (QED) is 0.445. The average Bonchev–Trinajstić information content (AvgIpc) is 2.74. The van der Waals surface area contributed by atoms with Crippen LogP contribution in [-0.2, 0) is 6.42 Å². The summed E-state index contributed by atoms with van der Waals surface area (Å²) in [7, 11) is 0. The lowest BCUT2D eigenvalue weighted by atomic mass is 9.74. The Kier molecular flexibility index (Phi) is 5.48. The second-order valence-corrected chi connectivity index (χ2v) is 8.25. The topological polar surface area (TPSA) is 0 Å². The van der Waals surface area contributed by atoms with E-state index >= 15 is 0 Å². The molecule has 0 heterocycles. The van der Waals surface area contributed by atoms with Gasteiger partial charge >= 0.3 is 0 Å². The Bertz CT molecular complexity index is 958. The number of benzene rings is 3. The summed E-state index contributed by atoms with van der Waals surface area (Å²) < 4.78 is 0. The average molecular weight is 367 g/mol. The molecule has 142 valence electrons. The Morgan fingerprint density at radius 3 is 2.21 bits per heavy atom. The van der Waals surface area contributed by atoms with E-state index in [0.29, 0.717) is 11.8 Å². The predicted octanol–water partition coefficient (Wildman–Crippen LogP) is 7.61. The van der Waals surface area contributed by atoms with E-state index in [9.17, 15) is 0 Å². The third-order valence-electron chi connectivity index (χ3n) is 6.27. The molecule has 1 aliphatic rings. The van der Waals surface area contributed by atoms with Gasteiger partial charge in [0.2, 0.25) is 0 Å². The van der Waals surface area contributed by atoms with E-state index < -0.39 is 0 Å². The number of hydrogen-bond donors (Lipinski definition) is 0. The molecule has 0 N–H and O–H groups in total. The normalized spacial score (nSPS) is 19.3. The van der Waals surface area contributed by atoms with Gasteiger partial charge in [0.15, 0.2) is 0 Å². The van der Waals surface area contributed by atoms with Gasteiger partial charge in [-0.2, -0.15) is 0 Å². The van der Waals surface area contributed by atoms with Gasteiger partial charge in [0, 0.05) is 5.92 Å². The van der Waals surface area contributed by atoms with Crippen LogP contribution in [-0.4, -0.2) is 0 Å². The molecule has 3 aromatic rings. The highest BCUT2D eigenvalue weighted by molar-refractivity contribution is 5.69. The van der Waals surface area contributed by atoms with Crippen LogP contribution < -0.4 is 0 Å². The third-order valence-corrected chi connectivity index (χ3v) is 6.27. The fourth-order valence-corrected chi connectivity index (χ4v) is 4.53. The van der Waals surface area contributed by atoms with Gasteiger partial charge in [0.1, 0.15) is 0 Å². The molecule has 0 nitrogen and oxygen atoms in total. The molecule has 0 saturated heterocycles. The van der Waals surface area contributed by atoms with Gasteiger partial charge in [0.25, 0.3) is 0 Å². The zero-order chi connectivity index (χ0) is 19.5. The fourth-order valence-electron chi connectivity index (χ4n) is 4.53. The molecular formula is C28H30. The molecular weight excluding hydrogens is 336 g/mol. The minimum absolute atomic E-state index is 0.472. The minimum Gasteiger partial charge on any atom is -0.0732 e. The number of aryl methyl sites for hydroxylation is 3. The van der Waals surface area contributed by atoms with Crippen LogP contribution in [0.25, 0.3) is 5.57 Å². The van der Waals surface area contributed by atoms with E-state index in [1.165, 1.54) is 45.4 Å². The summed E-state index contributed by atoms with van der Waals surface area (Å²) in [6.07, 6.45) is 5.93. The molecule has 0 aliphatic heterocycles. The van der Waals surface area contributed by atoms with Crippen molar-refractivity contribution in [1.82, 2.24) is 0 Å². The van der Waals surface area contributed by atoms with E-state index in [4.69, 9.17) is 0 Å². The van der Waals surface area contributed by atoms with Crippen molar-refractivity contribution in [3.8, 4) is 0 Å². The number of hydrogen-bond acceptors (Lipinski definition) is 0. The molecule has 0 saturated carbocycles. The smallest absolute Gasteiger partial charge is 0.00299 e. The number of allylic oxidation sites excluding steroid dienone is 2. The van der Waals surface area contributed by atoms with Crippen LogP contribution in [0.1, 0.15) is 65.0 Å². The lowest BCUT2D eigenvalue weighted by Gasteiger charge is -2.30. The molecule has 3 aromatic carbocycles. The molecule has 4 rings (SSSR count). The highest BCUT2D eigenvalue weighted by Gasteiger charge is 2.26. The van der Waals surface area contributed by atoms with Gasteiger partial charge in [0.05, 0.1) is 0 Å². The Morgan fingerprint density at radius 2 is 1.54 bits per heavy atom. The van der Waals surface area contributed by atoms with Crippen LogP contribution in [0.5, 0.6) is 0 Å². The Labute approximate surface area is 169 Å². The van der Waals surface area contributed by atoms with Gasteiger partial charge in [-0.25, -0.2) is 0 Å². The van der Waals surface area contributed by atoms with Crippen molar-refractivity contribution in [2.24, 2.45) is 0 Å². The van der Waals surface area contributed by atoms with E-state index in [1.54, 1.807) is 0 Å². The lowest BCUT2D eigenvalue weighted by molar-refractivity contribution is 0.573. The molecule has 0 amide bonds. The molecule has 1 unspecified atom stereocenters. The van der Waals surface area contributed by atoms with Crippen LogP contribution in [0.2, 0.25) is 0 Å². The third kappa shape index (κ3) is 3.97. The standard InChI is InChI=1S/C28H30/c1-4-22-11-15-24(16-12-22)26-17-25(23-13-9-20(2)10-14-23)18-27(19-26)28-8-6-5-7-21(28)3/h5-17,25,27H,4,18-19H2,1-3H3/t25-,27?/m0/s1. The molecule has 0 fully saturated rings. The zero-order valence-electron chi connectivity index (χ0n) is 17.3. The summed E-state index contributed by atoms with van der Waals surface area (Å²) in [5.74, 6) is 1.04. The van der Waals surface area contributed by atoms with Gasteiger partial charge in [-0.05, 0) is 72.4 Å². The summed E-state index contributed by atoms with van der Waals surface area (Å²) in [6, 6.07) is 27.3. The Hall–Kier alpha value is -2.60. The van der Waals surface area contributed by atoms with Gasteiger partial charge in [-0.15, -0.1) is 0 Å². The SMILES string of the molecule is CCc1ccc(C2=C[C@H](c3ccc(C)cc3)CC(c3ccccc3C)C2)cc1. The van der Waals surface area contributed by atoms with E-state index in [2.05, 4.69) is 99.6 Å². The maximum atomic E-state index is 2.53. The molecule has 2 atom stereocenters. The van der Waals surface area contributed by atoms with Crippen molar-refractivity contribution < 1.29 is 0 Å². The highest BCUT2D eigenvalue weighted by atomic mass is 14.3. The maximum Gasteiger partial charge on any atom is 0.00299 e. The molecule has 0 heteroatoms. The summed E-state index contributed by atoms with van der Waals surface area (Å²) in [4.78, 5) is 0. The van der Waals surface area contributed by atoms with E-state index in [-0.39, 0.29) is 0 Å². The largest absolute Gasteiger partial charge is 0.0732 e. The van der Waals surface area contributed by atoms with Gasteiger partial charge < -0.3 is 0 Å². The first-order valence-electron chi connectivity index (χ1n) is 10.6. The second-order valence-electron chi connectivity index (χ2n) is 8.25. The van der Waals surface area contributed by atoms with E-state index in [1.807, 2.05) is 0 Å². The fraction of sp³-hybridized carbons (Fsp3) is 0.286. The van der Waals surface area contributed by atoms with Crippen LogP contribution >= 0.6 is 0 Å². The summed E-state index contributed by atoms with van der Waals surface area (Å²) >= 11 is 0.